The smallest absolute Gasteiger partial charge is 0.191 e. The average Bonchev–Trinajstić information content (AvgIpc) is 2.83. The Morgan fingerprint density at radius 3 is 2.61 bits per heavy atom. The third-order valence-electron chi connectivity index (χ3n) is 3.44. The zero-order chi connectivity index (χ0) is 17.0. The molecule has 0 fully saturated rings. The number of guanidine groups is 1. The molecule has 2 aromatic rings. The van der Waals surface area contributed by atoms with Crippen molar-refractivity contribution in [3.05, 3.63) is 51.0 Å². The van der Waals surface area contributed by atoms with Crippen LogP contribution in [0.15, 0.2) is 23.2 Å². The lowest BCUT2D eigenvalue weighted by Gasteiger charge is -2.18. The van der Waals surface area contributed by atoms with Crippen LogP contribution < -0.4 is 10.6 Å². The van der Waals surface area contributed by atoms with Crippen molar-refractivity contribution in [3.8, 4) is 0 Å². The molecule has 124 valence electrons. The maximum atomic E-state index is 13.3. The van der Waals surface area contributed by atoms with Gasteiger partial charge in [0, 0.05) is 11.9 Å². The minimum Gasteiger partial charge on any atom is -0.351 e. The topological polar surface area (TPSA) is 49.3 Å². The summed E-state index contributed by atoms with van der Waals surface area (Å²) in [6.45, 7) is 6.42. The van der Waals surface area contributed by atoms with E-state index >= 15 is 0 Å². The summed E-state index contributed by atoms with van der Waals surface area (Å²) in [5.41, 5.74) is 1.65. The monoisotopic (exact) mass is 338 g/mol. The SMILES string of the molecule is CN=C(NCc1sc(C)nc1C)NC(C)c1ccc(F)c(F)c1. The van der Waals surface area contributed by atoms with E-state index in [0.717, 1.165) is 21.6 Å². The van der Waals surface area contributed by atoms with E-state index in [1.807, 2.05) is 20.8 Å². The minimum absolute atomic E-state index is 0.208. The fraction of sp³-hybridized carbons (Fsp3) is 0.375. The molecule has 0 aliphatic carbocycles. The number of hydrogen-bond acceptors (Lipinski definition) is 3. The van der Waals surface area contributed by atoms with Crippen molar-refractivity contribution in [2.45, 2.75) is 33.4 Å². The Bertz CT molecular complexity index is 712. The number of hydrogen-bond donors (Lipinski definition) is 2. The zero-order valence-corrected chi connectivity index (χ0v) is 14.4. The molecule has 0 bridgehead atoms. The molecule has 0 amide bonds. The Kier molecular flexibility index (Phi) is 5.65. The number of nitrogens with zero attached hydrogens (tertiary/aromatic N) is 2. The van der Waals surface area contributed by atoms with Crippen LogP contribution in [0.3, 0.4) is 0 Å². The highest BCUT2D eigenvalue weighted by Crippen LogP contribution is 2.17. The number of nitrogens with one attached hydrogen (secondary N) is 2. The van der Waals surface area contributed by atoms with Crippen LogP contribution in [0.1, 0.15) is 34.1 Å². The van der Waals surface area contributed by atoms with Gasteiger partial charge in [0.2, 0.25) is 0 Å². The summed E-state index contributed by atoms with van der Waals surface area (Å²) in [5.74, 6) is -1.11. The predicted molar refractivity (Wildman–Crippen MR) is 89.7 cm³/mol. The van der Waals surface area contributed by atoms with Crippen molar-refractivity contribution in [1.82, 2.24) is 15.6 Å². The van der Waals surface area contributed by atoms with Gasteiger partial charge in [0.25, 0.3) is 0 Å². The maximum Gasteiger partial charge on any atom is 0.191 e. The molecular formula is C16H20F2N4S. The van der Waals surface area contributed by atoms with E-state index in [1.165, 1.54) is 6.07 Å². The molecule has 1 aromatic carbocycles. The van der Waals surface area contributed by atoms with Gasteiger partial charge >= 0.3 is 0 Å². The largest absolute Gasteiger partial charge is 0.351 e. The van der Waals surface area contributed by atoms with E-state index in [0.29, 0.717) is 18.1 Å². The highest BCUT2D eigenvalue weighted by Gasteiger charge is 2.12. The lowest BCUT2D eigenvalue weighted by molar-refractivity contribution is 0.504. The highest BCUT2D eigenvalue weighted by molar-refractivity contribution is 7.11. The number of aromatic nitrogens is 1. The summed E-state index contributed by atoms with van der Waals surface area (Å²) in [6, 6.07) is 3.67. The molecular weight excluding hydrogens is 318 g/mol. The normalized spacial score (nSPS) is 13.0. The number of rotatable bonds is 4. The fourth-order valence-corrected chi connectivity index (χ4v) is 3.04. The van der Waals surface area contributed by atoms with Gasteiger partial charge in [0.1, 0.15) is 0 Å². The van der Waals surface area contributed by atoms with Gasteiger partial charge < -0.3 is 10.6 Å². The summed E-state index contributed by atoms with van der Waals surface area (Å²) in [7, 11) is 1.66. The van der Waals surface area contributed by atoms with Crippen LogP contribution in [0.2, 0.25) is 0 Å². The second-order valence-corrected chi connectivity index (χ2v) is 6.49. The molecule has 0 radical (unpaired) electrons. The van der Waals surface area contributed by atoms with Crippen LogP contribution in [0.5, 0.6) is 0 Å². The van der Waals surface area contributed by atoms with Crippen LogP contribution in [0, 0.1) is 25.5 Å². The maximum absolute atomic E-state index is 13.3. The molecule has 0 saturated carbocycles. The second-order valence-electron chi connectivity index (χ2n) is 5.21. The first kappa shape index (κ1) is 17.3. The predicted octanol–water partition coefficient (Wildman–Crippen LogP) is 3.46. The van der Waals surface area contributed by atoms with Crippen molar-refractivity contribution >= 4 is 17.3 Å². The van der Waals surface area contributed by atoms with E-state index in [9.17, 15) is 8.78 Å². The van der Waals surface area contributed by atoms with Crippen molar-refractivity contribution in [2.75, 3.05) is 7.05 Å². The first-order valence-corrected chi connectivity index (χ1v) is 8.07. The summed E-state index contributed by atoms with van der Waals surface area (Å²) in [4.78, 5) is 9.68. The van der Waals surface area contributed by atoms with E-state index < -0.39 is 11.6 Å². The van der Waals surface area contributed by atoms with Gasteiger partial charge in [0.15, 0.2) is 17.6 Å². The van der Waals surface area contributed by atoms with Crippen LogP contribution in [0.25, 0.3) is 0 Å². The molecule has 2 N–H and O–H groups in total. The van der Waals surface area contributed by atoms with Gasteiger partial charge in [-0.1, -0.05) is 6.07 Å². The van der Waals surface area contributed by atoms with Crippen molar-refractivity contribution < 1.29 is 8.78 Å². The molecule has 0 spiro atoms. The quantitative estimate of drug-likeness (QED) is 0.663. The highest BCUT2D eigenvalue weighted by atomic mass is 32.1. The summed E-state index contributed by atoms with van der Waals surface area (Å²) < 4.78 is 26.3. The zero-order valence-electron chi connectivity index (χ0n) is 13.6. The second kappa shape index (κ2) is 7.50. The Balaban J connectivity index is 1.98. The van der Waals surface area contributed by atoms with Crippen molar-refractivity contribution in [3.63, 3.8) is 0 Å². The molecule has 2 rings (SSSR count). The summed E-state index contributed by atoms with van der Waals surface area (Å²) >= 11 is 1.64. The molecule has 0 saturated heterocycles. The third kappa shape index (κ3) is 4.48. The molecule has 1 atom stereocenters. The molecule has 7 heteroatoms. The standard InChI is InChI=1S/C16H20F2N4S/c1-9(12-5-6-13(17)14(18)7-12)22-16(19-4)20-8-15-10(2)21-11(3)23-15/h5-7,9H,8H2,1-4H3,(H2,19,20,22). The van der Waals surface area contributed by atoms with E-state index in [2.05, 4.69) is 20.6 Å². The van der Waals surface area contributed by atoms with Crippen LogP contribution in [0.4, 0.5) is 8.78 Å². The number of benzene rings is 1. The van der Waals surface area contributed by atoms with Crippen LogP contribution >= 0.6 is 11.3 Å². The van der Waals surface area contributed by atoms with Gasteiger partial charge in [0.05, 0.1) is 23.3 Å². The minimum atomic E-state index is -0.852. The average molecular weight is 338 g/mol. The molecule has 0 aliphatic heterocycles. The first-order chi connectivity index (χ1) is 10.9. The van der Waals surface area contributed by atoms with E-state index in [4.69, 9.17) is 0 Å². The Labute approximate surface area is 138 Å². The van der Waals surface area contributed by atoms with Crippen LogP contribution in [-0.2, 0) is 6.54 Å². The Hall–Kier alpha value is -2.02. The first-order valence-electron chi connectivity index (χ1n) is 7.25. The number of thiazole rings is 1. The van der Waals surface area contributed by atoms with Gasteiger partial charge in [-0.3, -0.25) is 4.99 Å². The lowest BCUT2D eigenvalue weighted by Crippen LogP contribution is -2.38. The van der Waals surface area contributed by atoms with Crippen LogP contribution in [-0.4, -0.2) is 18.0 Å². The van der Waals surface area contributed by atoms with Crippen molar-refractivity contribution in [1.29, 1.82) is 0 Å². The summed E-state index contributed by atoms with van der Waals surface area (Å²) in [6.07, 6.45) is 0. The van der Waals surface area contributed by atoms with E-state index in [-0.39, 0.29) is 6.04 Å². The molecule has 0 aliphatic rings. The Morgan fingerprint density at radius 2 is 2.04 bits per heavy atom. The third-order valence-corrected chi connectivity index (χ3v) is 4.51. The number of aliphatic imine (C=N–C) groups is 1. The molecule has 1 heterocycles. The fourth-order valence-electron chi connectivity index (χ4n) is 2.17. The molecule has 1 aromatic heterocycles. The number of halogens is 2. The van der Waals surface area contributed by atoms with E-state index in [1.54, 1.807) is 24.5 Å². The number of aryl methyl sites for hydroxylation is 2. The van der Waals surface area contributed by atoms with Crippen molar-refractivity contribution in [2.24, 2.45) is 4.99 Å². The molecule has 1 unspecified atom stereocenters. The summed E-state index contributed by atoms with van der Waals surface area (Å²) in [5, 5.41) is 7.39. The van der Waals surface area contributed by atoms with Gasteiger partial charge in [-0.25, -0.2) is 13.8 Å². The Morgan fingerprint density at radius 1 is 1.30 bits per heavy atom. The van der Waals surface area contributed by atoms with Gasteiger partial charge in [-0.2, -0.15) is 0 Å². The lowest BCUT2D eigenvalue weighted by atomic mass is 10.1. The van der Waals surface area contributed by atoms with Gasteiger partial charge in [-0.05, 0) is 38.5 Å². The van der Waals surface area contributed by atoms with Gasteiger partial charge in [-0.15, -0.1) is 11.3 Å². The molecule has 4 nitrogen and oxygen atoms in total. The molecule has 23 heavy (non-hydrogen) atoms.